The summed E-state index contributed by atoms with van der Waals surface area (Å²) in [5, 5.41) is 2.59. The van der Waals surface area contributed by atoms with E-state index in [-0.39, 0.29) is 23.9 Å². The molecule has 1 aromatic rings. The van der Waals surface area contributed by atoms with E-state index in [1.807, 2.05) is 31.3 Å². The van der Waals surface area contributed by atoms with E-state index in [1.165, 1.54) is 0 Å². The van der Waals surface area contributed by atoms with E-state index in [1.54, 1.807) is 25.4 Å². The average molecular weight is 420 g/mol. The molecule has 0 radical (unpaired) electrons. The van der Waals surface area contributed by atoms with Crippen molar-refractivity contribution in [1.29, 1.82) is 0 Å². The molecule has 0 aliphatic carbocycles. The standard InChI is InChI=1S/C24H25FN4O2/c1-3-19-22(30)12-18-20(28-19)6-5-17(23(18)25)14-29-10-8-15(9-11-29)16-4-7-21(27-13-16)24(31)26-2/h4-8,10,13,21H,3,9,11-12,14H2,1-2H3,(H,26,31). The van der Waals surface area contributed by atoms with Gasteiger partial charge in [0.2, 0.25) is 5.91 Å². The molecule has 0 saturated carbocycles. The highest BCUT2D eigenvalue weighted by atomic mass is 19.1. The van der Waals surface area contributed by atoms with Crippen LogP contribution in [-0.2, 0) is 22.6 Å². The molecule has 1 N–H and O–H groups in total. The van der Waals surface area contributed by atoms with Crippen LogP contribution in [0, 0.1) is 5.82 Å². The summed E-state index contributed by atoms with van der Waals surface area (Å²) in [7, 11) is 1.59. The van der Waals surface area contributed by atoms with Crippen LogP contribution in [-0.4, -0.2) is 48.2 Å². The molecule has 1 amide bonds. The van der Waals surface area contributed by atoms with Gasteiger partial charge in [-0.25, -0.2) is 9.38 Å². The molecule has 1 atom stereocenters. The first-order valence-electron chi connectivity index (χ1n) is 10.5. The number of carbonyl (C=O) groups excluding carboxylic acids is 2. The van der Waals surface area contributed by atoms with Crippen LogP contribution in [0.15, 0.2) is 57.7 Å². The zero-order valence-corrected chi connectivity index (χ0v) is 17.7. The molecule has 0 aromatic heterocycles. The number of amides is 1. The average Bonchev–Trinajstić information content (AvgIpc) is 2.81. The lowest BCUT2D eigenvalue weighted by molar-refractivity contribution is -0.120. The van der Waals surface area contributed by atoms with Crippen molar-refractivity contribution in [3.63, 3.8) is 0 Å². The highest BCUT2D eigenvalue weighted by molar-refractivity contribution is 6.41. The smallest absolute Gasteiger partial charge is 0.248 e. The number of aliphatic imine (C=N–C) groups is 2. The van der Waals surface area contributed by atoms with Gasteiger partial charge in [-0.15, -0.1) is 0 Å². The van der Waals surface area contributed by atoms with E-state index in [0.717, 1.165) is 24.1 Å². The molecular weight excluding hydrogens is 395 g/mol. The van der Waals surface area contributed by atoms with E-state index < -0.39 is 6.04 Å². The Balaban J connectivity index is 1.47. The van der Waals surface area contributed by atoms with E-state index in [4.69, 9.17) is 0 Å². The summed E-state index contributed by atoms with van der Waals surface area (Å²) in [6, 6.07) is 3.09. The first kappa shape index (κ1) is 20.9. The summed E-state index contributed by atoms with van der Waals surface area (Å²) >= 11 is 0. The molecule has 3 aliphatic heterocycles. The van der Waals surface area contributed by atoms with Gasteiger partial charge in [0.1, 0.15) is 11.9 Å². The van der Waals surface area contributed by atoms with Gasteiger partial charge in [0, 0.05) is 43.9 Å². The number of allylic oxidation sites excluding steroid dienone is 3. The third kappa shape index (κ3) is 4.26. The summed E-state index contributed by atoms with van der Waals surface area (Å²) in [5.74, 6) is -0.557. The fourth-order valence-corrected chi connectivity index (χ4v) is 3.95. The first-order valence-corrected chi connectivity index (χ1v) is 10.5. The van der Waals surface area contributed by atoms with E-state index in [2.05, 4.69) is 20.2 Å². The van der Waals surface area contributed by atoms with Gasteiger partial charge >= 0.3 is 0 Å². The number of ketones is 1. The van der Waals surface area contributed by atoms with Gasteiger partial charge in [0.15, 0.2) is 5.78 Å². The Morgan fingerprint density at radius 2 is 2.16 bits per heavy atom. The zero-order chi connectivity index (χ0) is 22.0. The van der Waals surface area contributed by atoms with Gasteiger partial charge in [-0.05, 0) is 42.3 Å². The Morgan fingerprint density at radius 3 is 2.81 bits per heavy atom. The lowest BCUT2D eigenvalue weighted by Gasteiger charge is -2.26. The number of hydrogen-bond donors (Lipinski definition) is 1. The molecule has 0 saturated heterocycles. The van der Waals surface area contributed by atoms with Gasteiger partial charge in [0.25, 0.3) is 0 Å². The highest BCUT2D eigenvalue weighted by Crippen LogP contribution is 2.31. The van der Waals surface area contributed by atoms with Crippen molar-refractivity contribution in [2.45, 2.75) is 38.8 Å². The number of nitrogens with zero attached hydrogens (tertiary/aromatic N) is 3. The fraction of sp³-hybridized carbons (Fsp3) is 0.333. The molecule has 160 valence electrons. The van der Waals surface area contributed by atoms with Gasteiger partial charge in [-0.3, -0.25) is 14.6 Å². The van der Waals surface area contributed by atoms with Crippen LogP contribution in [0.25, 0.3) is 0 Å². The zero-order valence-electron chi connectivity index (χ0n) is 17.7. The first-order chi connectivity index (χ1) is 15.0. The Hall–Kier alpha value is -3.35. The molecule has 1 unspecified atom stereocenters. The maximum atomic E-state index is 15.1. The minimum Gasteiger partial charge on any atom is -0.373 e. The van der Waals surface area contributed by atoms with Crippen molar-refractivity contribution in [3.8, 4) is 0 Å². The second-order valence-electron chi connectivity index (χ2n) is 7.76. The van der Waals surface area contributed by atoms with Crippen LogP contribution in [0.3, 0.4) is 0 Å². The second-order valence-corrected chi connectivity index (χ2v) is 7.76. The number of nitrogens with one attached hydrogen (secondary N) is 1. The molecular formula is C24H25FN4O2. The Bertz CT molecular complexity index is 1070. The summed E-state index contributed by atoms with van der Waals surface area (Å²) in [5.41, 5.74) is 4.16. The molecule has 3 heterocycles. The predicted molar refractivity (Wildman–Crippen MR) is 119 cm³/mol. The minimum absolute atomic E-state index is 0.0798. The normalized spacial score (nSPS) is 22.4. The number of carbonyl (C=O) groups is 2. The Kier molecular flexibility index (Phi) is 5.93. The molecule has 6 nitrogen and oxygen atoms in total. The number of Topliss-reactive ketones (excluding diaryl/α,β-unsaturated/α-hetero) is 1. The van der Waals surface area contributed by atoms with Crippen molar-refractivity contribution >= 4 is 29.3 Å². The van der Waals surface area contributed by atoms with Gasteiger partial charge < -0.3 is 10.2 Å². The van der Waals surface area contributed by atoms with Crippen molar-refractivity contribution in [2.24, 2.45) is 9.98 Å². The van der Waals surface area contributed by atoms with Crippen molar-refractivity contribution in [1.82, 2.24) is 10.2 Å². The van der Waals surface area contributed by atoms with Gasteiger partial charge in [-0.1, -0.05) is 25.1 Å². The minimum atomic E-state index is -0.477. The number of likely N-dealkylation sites (N-methyl/N-ethyl adjacent to an activating group) is 1. The predicted octanol–water partition coefficient (Wildman–Crippen LogP) is 3.20. The van der Waals surface area contributed by atoms with Crippen LogP contribution in [0.5, 0.6) is 0 Å². The van der Waals surface area contributed by atoms with Crippen molar-refractivity contribution in [2.75, 3.05) is 13.6 Å². The Morgan fingerprint density at radius 1 is 1.32 bits per heavy atom. The molecule has 4 rings (SSSR count). The monoisotopic (exact) mass is 420 g/mol. The van der Waals surface area contributed by atoms with Crippen molar-refractivity contribution < 1.29 is 14.0 Å². The van der Waals surface area contributed by atoms with E-state index in [9.17, 15) is 9.59 Å². The second kappa shape index (κ2) is 8.79. The molecule has 31 heavy (non-hydrogen) atoms. The fourth-order valence-electron chi connectivity index (χ4n) is 3.95. The van der Waals surface area contributed by atoms with Crippen LogP contribution in [0.2, 0.25) is 0 Å². The van der Waals surface area contributed by atoms with Gasteiger partial charge in [-0.2, -0.15) is 0 Å². The maximum Gasteiger partial charge on any atom is 0.248 e. The number of halogens is 1. The number of dihydropyridines is 1. The van der Waals surface area contributed by atoms with Gasteiger partial charge in [0.05, 0.1) is 11.4 Å². The van der Waals surface area contributed by atoms with Crippen LogP contribution in [0.4, 0.5) is 10.1 Å². The summed E-state index contributed by atoms with van der Waals surface area (Å²) in [4.78, 5) is 34.5. The highest BCUT2D eigenvalue weighted by Gasteiger charge is 2.24. The van der Waals surface area contributed by atoms with Crippen LogP contribution >= 0.6 is 0 Å². The number of benzene rings is 1. The molecule has 7 heteroatoms. The quantitative estimate of drug-likeness (QED) is 0.813. The maximum absolute atomic E-state index is 15.1. The molecule has 1 aromatic carbocycles. The third-order valence-corrected chi connectivity index (χ3v) is 5.79. The third-order valence-electron chi connectivity index (χ3n) is 5.79. The summed E-state index contributed by atoms with van der Waals surface area (Å²) in [6.07, 6.45) is 10.8. The molecule has 0 spiro atoms. The molecule has 0 fully saturated rings. The number of hydrogen-bond acceptors (Lipinski definition) is 5. The molecule has 3 aliphatic rings. The topological polar surface area (TPSA) is 74.1 Å². The Labute approximate surface area is 181 Å². The van der Waals surface area contributed by atoms with Crippen molar-refractivity contribution in [3.05, 3.63) is 64.7 Å². The lowest BCUT2D eigenvalue weighted by atomic mass is 9.96. The number of fused-ring (bicyclic) bond motifs is 1. The lowest BCUT2D eigenvalue weighted by Crippen LogP contribution is -2.30. The summed E-state index contributed by atoms with van der Waals surface area (Å²) in [6.45, 7) is 3.05. The van der Waals surface area contributed by atoms with E-state index in [0.29, 0.717) is 35.5 Å². The van der Waals surface area contributed by atoms with Crippen LogP contribution in [0.1, 0.15) is 30.9 Å². The molecule has 0 bridgehead atoms. The SMILES string of the molecule is CCC1=Nc2ccc(CN3C=CC(=C4C=CC(C(=O)NC)N=C4)CC3)c(F)c2CC1=O. The largest absolute Gasteiger partial charge is 0.373 e. The van der Waals surface area contributed by atoms with E-state index >= 15 is 4.39 Å². The number of rotatable bonds is 4. The van der Waals surface area contributed by atoms with Crippen LogP contribution < -0.4 is 5.32 Å². The summed E-state index contributed by atoms with van der Waals surface area (Å²) < 4.78 is 15.1.